The Bertz CT molecular complexity index is 1000. The predicted molar refractivity (Wildman–Crippen MR) is 181 cm³/mol. The molecule has 10 heteroatoms. The van der Waals surface area contributed by atoms with Gasteiger partial charge in [0.25, 0.3) is 0 Å². The van der Waals surface area contributed by atoms with Crippen molar-refractivity contribution < 1.29 is 32.9 Å². The summed E-state index contributed by atoms with van der Waals surface area (Å²) in [7, 11) is 0. The second kappa shape index (κ2) is 20.8. The third-order valence-corrected chi connectivity index (χ3v) is 10.6. The maximum Gasteiger partial charge on any atom is 0.433 e. The Hall–Kier alpha value is -1.65. The number of carbonyl (C=O) groups is 1. The number of rotatable bonds is 23. The van der Waals surface area contributed by atoms with Crippen LogP contribution in [0.1, 0.15) is 165 Å². The van der Waals surface area contributed by atoms with E-state index < -0.39 is 23.4 Å². The fourth-order valence-corrected chi connectivity index (χ4v) is 8.44. The van der Waals surface area contributed by atoms with E-state index in [1.165, 1.54) is 103 Å². The molecule has 1 aromatic heterocycles. The number of carboxylic acids is 1. The van der Waals surface area contributed by atoms with Crippen LogP contribution in [0.5, 0.6) is 0 Å². The molecule has 0 saturated heterocycles. The summed E-state index contributed by atoms with van der Waals surface area (Å²) in [4.78, 5) is 10.9. The fraction of sp³-hybridized carbons (Fsp3) is 0.892. The van der Waals surface area contributed by atoms with E-state index in [-0.39, 0.29) is 18.8 Å². The zero-order valence-electron chi connectivity index (χ0n) is 29.3. The van der Waals surface area contributed by atoms with Gasteiger partial charge in [-0.05, 0) is 69.2 Å². The number of hydrogen-bond acceptors (Lipinski definition) is 5. The lowest BCUT2D eigenvalue weighted by Gasteiger charge is -2.58. The van der Waals surface area contributed by atoms with Crippen molar-refractivity contribution in [3.63, 3.8) is 0 Å². The molecule has 3 N–H and O–H groups in total. The van der Waals surface area contributed by atoms with Gasteiger partial charge in [-0.2, -0.15) is 18.3 Å². The number of alkyl halides is 3. The van der Waals surface area contributed by atoms with Crippen LogP contribution in [0.25, 0.3) is 0 Å². The van der Waals surface area contributed by atoms with Gasteiger partial charge in [0.05, 0.1) is 24.9 Å². The molecule has 0 spiro atoms. The number of halogens is 3. The molecular formula is C37H64F3N3O4. The van der Waals surface area contributed by atoms with Crippen molar-refractivity contribution in [3.05, 3.63) is 17.5 Å². The SMILES string of the molecule is CCCCCCCCCCNC1C2CC3CC1CC(O)(C3)C2.CCCCCCCCCCOCCn1ncc(C(=O)O)c1C(F)(F)F. The number of unbranched alkanes of at least 4 members (excludes halogenated alkanes) is 14. The van der Waals surface area contributed by atoms with Crippen LogP contribution in [0.4, 0.5) is 13.2 Å². The van der Waals surface area contributed by atoms with Gasteiger partial charge in [0.1, 0.15) is 5.56 Å². The molecule has 5 rings (SSSR count). The highest BCUT2D eigenvalue weighted by atomic mass is 19.4. The van der Waals surface area contributed by atoms with Gasteiger partial charge in [-0.25, -0.2) is 4.79 Å². The van der Waals surface area contributed by atoms with Gasteiger partial charge in [-0.1, -0.05) is 104 Å². The van der Waals surface area contributed by atoms with Crippen LogP contribution in [-0.2, 0) is 17.5 Å². The van der Waals surface area contributed by atoms with Crippen molar-refractivity contribution in [1.29, 1.82) is 0 Å². The minimum atomic E-state index is -4.76. The minimum absolute atomic E-state index is 0.0698. The van der Waals surface area contributed by atoms with E-state index in [4.69, 9.17) is 9.84 Å². The molecule has 7 nitrogen and oxygen atoms in total. The summed E-state index contributed by atoms with van der Waals surface area (Å²) < 4.78 is 44.9. The van der Waals surface area contributed by atoms with Crippen LogP contribution < -0.4 is 5.32 Å². The van der Waals surface area contributed by atoms with Crippen molar-refractivity contribution in [2.75, 3.05) is 19.8 Å². The average molecular weight is 672 g/mol. The second-order valence-corrected chi connectivity index (χ2v) is 14.7. The van der Waals surface area contributed by atoms with Crippen LogP contribution in [-0.4, -0.2) is 57.4 Å². The number of aromatic nitrogens is 2. The molecule has 0 aliphatic heterocycles. The fourth-order valence-electron chi connectivity index (χ4n) is 8.44. The third-order valence-electron chi connectivity index (χ3n) is 10.6. The Morgan fingerprint density at radius 2 is 1.40 bits per heavy atom. The van der Waals surface area contributed by atoms with E-state index in [9.17, 15) is 23.1 Å². The Morgan fingerprint density at radius 1 is 0.872 bits per heavy atom. The summed E-state index contributed by atoms with van der Waals surface area (Å²) in [6.45, 7) is 6.10. The first-order valence-corrected chi connectivity index (χ1v) is 19.0. The summed E-state index contributed by atoms with van der Waals surface area (Å²) in [6.07, 6.45) is 22.5. The van der Waals surface area contributed by atoms with Gasteiger partial charge in [-0.15, -0.1) is 0 Å². The van der Waals surface area contributed by atoms with Crippen molar-refractivity contribution in [2.45, 2.75) is 173 Å². The number of ether oxygens (including phenoxy) is 1. The van der Waals surface area contributed by atoms with E-state index in [1.807, 2.05) is 0 Å². The van der Waals surface area contributed by atoms with Gasteiger partial charge >= 0.3 is 12.1 Å². The molecule has 4 bridgehead atoms. The van der Waals surface area contributed by atoms with Crippen molar-refractivity contribution in [2.24, 2.45) is 17.8 Å². The molecule has 47 heavy (non-hydrogen) atoms. The van der Waals surface area contributed by atoms with Crippen LogP contribution in [0, 0.1) is 17.8 Å². The highest BCUT2D eigenvalue weighted by molar-refractivity contribution is 5.88. The summed E-state index contributed by atoms with van der Waals surface area (Å²) in [5, 5.41) is 26.8. The minimum Gasteiger partial charge on any atom is -0.478 e. The molecule has 4 aliphatic rings. The number of carboxylic acid groups (broad SMARTS) is 1. The summed E-state index contributed by atoms with van der Waals surface area (Å²) in [6, 6.07) is 0.723. The lowest BCUT2D eigenvalue weighted by molar-refractivity contribution is -0.145. The second-order valence-electron chi connectivity index (χ2n) is 14.7. The molecule has 1 aromatic rings. The standard InChI is InChI=1S/C20H37NO.C17H27F3N2O3/c1-2-3-4-5-6-7-8-9-10-21-19-17-11-16-12-18(19)15-20(22,13-16)14-17;1-2-3-4-5-6-7-8-9-11-25-12-10-22-15(17(18,19)20)14(13-21-22)16(23)24/h16-19,21-22H,2-15H2,1H3;13H,2-12H2,1H3,(H,23,24). The van der Waals surface area contributed by atoms with Crippen molar-refractivity contribution >= 4 is 5.97 Å². The summed E-state index contributed by atoms with van der Waals surface area (Å²) in [5.74, 6) is 0.734. The molecule has 4 fully saturated rings. The zero-order chi connectivity index (χ0) is 34.1. The predicted octanol–water partition coefficient (Wildman–Crippen LogP) is 9.41. The molecule has 2 atom stereocenters. The van der Waals surface area contributed by atoms with E-state index in [0.29, 0.717) is 11.3 Å². The molecular weight excluding hydrogens is 607 g/mol. The lowest BCUT2D eigenvalue weighted by Crippen LogP contribution is -2.60. The Labute approximate surface area is 281 Å². The number of nitrogens with zero attached hydrogens (tertiary/aromatic N) is 2. The van der Waals surface area contributed by atoms with E-state index in [1.54, 1.807) is 0 Å². The molecule has 0 amide bonds. The zero-order valence-corrected chi connectivity index (χ0v) is 29.3. The van der Waals surface area contributed by atoms with Crippen LogP contribution >= 0.6 is 0 Å². The Kier molecular flexibility index (Phi) is 17.6. The Balaban J connectivity index is 0.000000257. The van der Waals surface area contributed by atoms with Crippen LogP contribution in [0.2, 0.25) is 0 Å². The van der Waals surface area contributed by atoms with Crippen molar-refractivity contribution in [1.82, 2.24) is 15.1 Å². The molecule has 0 radical (unpaired) electrons. The first-order chi connectivity index (χ1) is 22.6. The first kappa shape index (κ1) is 39.8. The maximum atomic E-state index is 13.0. The molecule has 1 heterocycles. The monoisotopic (exact) mass is 671 g/mol. The van der Waals surface area contributed by atoms with E-state index in [2.05, 4.69) is 24.3 Å². The molecule has 2 unspecified atom stereocenters. The smallest absolute Gasteiger partial charge is 0.433 e. The number of hydrogen-bond donors (Lipinski definition) is 3. The lowest BCUT2D eigenvalue weighted by atomic mass is 9.52. The highest BCUT2D eigenvalue weighted by Crippen LogP contribution is 2.55. The normalized spacial score (nSPS) is 24.8. The van der Waals surface area contributed by atoms with Crippen molar-refractivity contribution in [3.8, 4) is 0 Å². The highest BCUT2D eigenvalue weighted by Gasteiger charge is 2.54. The summed E-state index contributed by atoms with van der Waals surface area (Å²) in [5.41, 5.74) is -2.35. The van der Waals surface area contributed by atoms with Gasteiger partial charge in [0.2, 0.25) is 0 Å². The topological polar surface area (TPSA) is 96.6 Å². The van der Waals surface area contributed by atoms with Gasteiger partial charge in [-0.3, -0.25) is 4.68 Å². The quantitative estimate of drug-likeness (QED) is 0.100. The molecule has 4 saturated carbocycles. The van der Waals surface area contributed by atoms with Crippen LogP contribution in [0.3, 0.4) is 0 Å². The summed E-state index contributed by atoms with van der Waals surface area (Å²) >= 11 is 0. The first-order valence-electron chi connectivity index (χ1n) is 19.0. The molecule has 272 valence electrons. The van der Waals surface area contributed by atoms with E-state index >= 15 is 0 Å². The number of nitrogens with one attached hydrogen (secondary N) is 1. The Morgan fingerprint density at radius 3 is 1.91 bits per heavy atom. The van der Waals surface area contributed by atoms with E-state index in [0.717, 1.165) is 68.5 Å². The maximum absolute atomic E-state index is 13.0. The van der Waals surface area contributed by atoms with Gasteiger partial charge < -0.3 is 20.3 Å². The largest absolute Gasteiger partial charge is 0.478 e. The van der Waals surface area contributed by atoms with Crippen LogP contribution in [0.15, 0.2) is 6.20 Å². The molecule has 0 aromatic carbocycles. The average Bonchev–Trinajstić information content (AvgIpc) is 3.45. The number of aliphatic hydroxyl groups is 1. The molecule has 4 aliphatic carbocycles. The third kappa shape index (κ3) is 13.6. The van der Waals surface area contributed by atoms with Gasteiger partial charge in [0.15, 0.2) is 5.69 Å². The number of aromatic carboxylic acids is 1. The van der Waals surface area contributed by atoms with Gasteiger partial charge in [0, 0.05) is 12.6 Å².